The number of aromatic nitrogens is 1. The van der Waals surface area contributed by atoms with Gasteiger partial charge in [0.1, 0.15) is 0 Å². The first-order chi connectivity index (χ1) is 13.2. The van der Waals surface area contributed by atoms with Crippen molar-refractivity contribution >= 4 is 45.2 Å². The number of anilines is 1. The smallest absolute Gasteiger partial charge is 0.301 e. The first kappa shape index (κ1) is 19.6. The minimum atomic E-state index is -0.678. The second kappa shape index (κ2) is 7.47. The molecular formula is C18H15BrN4O5. The van der Waals surface area contributed by atoms with Crippen LogP contribution in [0.15, 0.2) is 34.9 Å². The summed E-state index contributed by atoms with van der Waals surface area (Å²) in [6.45, 7) is 4.06. The molecule has 0 atom stereocenters. The molecule has 0 bridgehead atoms. The van der Waals surface area contributed by atoms with Crippen LogP contribution in [0.1, 0.15) is 44.9 Å². The molecule has 10 heteroatoms. The third kappa shape index (κ3) is 3.63. The summed E-state index contributed by atoms with van der Waals surface area (Å²) in [6.07, 6.45) is 1.32. The lowest BCUT2D eigenvalue weighted by Crippen LogP contribution is -2.33. The van der Waals surface area contributed by atoms with Crippen LogP contribution in [-0.2, 0) is 0 Å². The Morgan fingerprint density at radius 1 is 1.25 bits per heavy atom. The predicted molar refractivity (Wildman–Crippen MR) is 103 cm³/mol. The van der Waals surface area contributed by atoms with Crippen molar-refractivity contribution in [3.05, 3.63) is 61.7 Å². The maximum atomic E-state index is 12.5. The Labute approximate surface area is 168 Å². The van der Waals surface area contributed by atoms with Gasteiger partial charge in [-0.25, -0.2) is 4.98 Å². The minimum absolute atomic E-state index is 0.0883. The SMILES string of the molecule is CC(C)CN1C(=O)c2ccc(C(=O)Nc3ncc(Br)cc3[N+](=O)[O-])cc2C1=O. The summed E-state index contributed by atoms with van der Waals surface area (Å²) >= 11 is 3.09. The Balaban J connectivity index is 1.89. The van der Waals surface area contributed by atoms with Crippen LogP contribution in [0.5, 0.6) is 0 Å². The topological polar surface area (TPSA) is 123 Å². The molecule has 144 valence electrons. The number of benzene rings is 1. The zero-order chi connectivity index (χ0) is 20.6. The number of fused-ring (bicyclic) bond motifs is 1. The van der Waals surface area contributed by atoms with E-state index >= 15 is 0 Å². The Hall–Kier alpha value is -3.14. The van der Waals surface area contributed by atoms with Gasteiger partial charge in [-0.1, -0.05) is 13.8 Å². The molecule has 1 N–H and O–H groups in total. The highest BCUT2D eigenvalue weighted by Gasteiger charge is 2.36. The predicted octanol–water partition coefficient (Wildman–Crippen LogP) is 3.26. The minimum Gasteiger partial charge on any atom is -0.301 e. The normalized spacial score (nSPS) is 13.1. The maximum absolute atomic E-state index is 12.5. The molecule has 0 unspecified atom stereocenters. The van der Waals surface area contributed by atoms with Crippen LogP contribution in [0.3, 0.4) is 0 Å². The molecule has 3 rings (SSSR count). The van der Waals surface area contributed by atoms with E-state index < -0.39 is 22.6 Å². The average Bonchev–Trinajstić information content (AvgIpc) is 2.87. The lowest BCUT2D eigenvalue weighted by atomic mass is 10.1. The van der Waals surface area contributed by atoms with Gasteiger partial charge in [0, 0.05) is 28.8 Å². The lowest BCUT2D eigenvalue weighted by molar-refractivity contribution is -0.384. The fraction of sp³-hybridized carbons (Fsp3) is 0.222. The number of nitro groups is 1. The lowest BCUT2D eigenvalue weighted by Gasteiger charge is -2.15. The molecule has 0 spiro atoms. The number of nitrogens with zero attached hydrogens (tertiary/aromatic N) is 3. The molecule has 1 aliphatic rings. The summed E-state index contributed by atoms with van der Waals surface area (Å²) in [5, 5.41) is 13.5. The molecule has 9 nitrogen and oxygen atoms in total. The van der Waals surface area contributed by atoms with E-state index in [2.05, 4.69) is 26.2 Å². The van der Waals surface area contributed by atoms with E-state index in [1.165, 1.54) is 30.5 Å². The fourth-order valence-electron chi connectivity index (χ4n) is 2.81. The first-order valence-electron chi connectivity index (χ1n) is 8.30. The summed E-state index contributed by atoms with van der Waals surface area (Å²) in [5.41, 5.74) is 0.0788. The largest absolute Gasteiger partial charge is 0.312 e. The highest BCUT2D eigenvalue weighted by Crippen LogP contribution is 2.27. The van der Waals surface area contributed by atoms with Crippen LogP contribution in [-0.4, -0.2) is 39.1 Å². The molecule has 2 aromatic rings. The van der Waals surface area contributed by atoms with E-state index in [0.29, 0.717) is 4.47 Å². The Morgan fingerprint density at radius 3 is 2.57 bits per heavy atom. The zero-order valence-electron chi connectivity index (χ0n) is 14.9. The van der Waals surface area contributed by atoms with Crippen molar-refractivity contribution in [2.75, 3.05) is 11.9 Å². The molecule has 0 saturated heterocycles. The van der Waals surface area contributed by atoms with Crippen molar-refractivity contribution in [2.45, 2.75) is 13.8 Å². The number of rotatable bonds is 5. The van der Waals surface area contributed by atoms with E-state index in [9.17, 15) is 24.5 Å². The van der Waals surface area contributed by atoms with Crippen LogP contribution in [0.25, 0.3) is 0 Å². The third-order valence-electron chi connectivity index (χ3n) is 4.04. The molecule has 28 heavy (non-hydrogen) atoms. The number of pyridine rings is 1. The third-order valence-corrected chi connectivity index (χ3v) is 4.48. The van der Waals surface area contributed by atoms with Gasteiger partial charge in [-0.3, -0.25) is 29.4 Å². The van der Waals surface area contributed by atoms with Gasteiger partial charge in [0.25, 0.3) is 17.7 Å². The number of carbonyl (C=O) groups is 3. The molecule has 1 aliphatic heterocycles. The molecule has 1 aromatic carbocycles. The molecule has 1 aromatic heterocycles. The maximum Gasteiger partial charge on any atom is 0.312 e. The molecule has 3 amide bonds. The standard InChI is InChI=1S/C18H15BrN4O5/c1-9(2)8-22-17(25)12-4-3-10(5-13(12)18(22)26)16(24)21-15-14(23(27)28)6-11(19)7-20-15/h3-7,9H,8H2,1-2H3,(H,20,21,24). The van der Waals surface area contributed by atoms with Gasteiger partial charge in [-0.05, 0) is 40.0 Å². The van der Waals surface area contributed by atoms with Gasteiger partial charge in [0.15, 0.2) is 0 Å². The second-order valence-electron chi connectivity index (χ2n) is 6.61. The van der Waals surface area contributed by atoms with E-state index in [0.717, 1.165) is 4.90 Å². The van der Waals surface area contributed by atoms with E-state index in [4.69, 9.17) is 0 Å². The van der Waals surface area contributed by atoms with Crippen molar-refractivity contribution < 1.29 is 19.3 Å². The summed E-state index contributed by atoms with van der Waals surface area (Å²) in [4.78, 5) is 52.9. The average molecular weight is 447 g/mol. The van der Waals surface area contributed by atoms with Crippen LogP contribution in [0.2, 0.25) is 0 Å². The Morgan fingerprint density at radius 2 is 1.93 bits per heavy atom. The number of nitrogens with one attached hydrogen (secondary N) is 1. The Bertz CT molecular complexity index is 1020. The quantitative estimate of drug-likeness (QED) is 0.427. The van der Waals surface area contributed by atoms with E-state index in [-0.39, 0.29) is 40.7 Å². The monoisotopic (exact) mass is 446 g/mol. The molecule has 0 aliphatic carbocycles. The van der Waals surface area contributed by atoms with Crippen LogP contribution < -0.4 is 5.32 Å². The van der Waals surface area contributed by atoms with Gasteiger partial charge in [-0.15, -0.1) is 0 Å². The second-order valence-corrected chi connectivity index (χ2v) is 7.52. The number of carbonyl (C=O) groups excluding carboxylic acids is 3. The van der Waals surface area contributed by atoms with Gasteiger partial charge in [-0.2, -0.15) is 0 Å². The highest BCUT2D eigenvalue weighted by molar-refractivity contribution is 9.10. The van der Waals surface area contributed by atoms with Crippen LogP contribution >= 0.6 is 15.9 Å². The highest BCUT2D eigenvalue weighted by atomic mass is 79.9. The fourth-order valence-corrected chi connectivity index (χ4v) is 3.13. The molecular weight excluding hydrogens is 432 g/mol. The van der Waals surface area contributed by atoms with E-state index in [1.807, 2.05) is 13.8 Å². The van der Waals surface area contributed by atoms with Crippen LogP contribution in [0, 0.1) is 16.0 Å². The summed E-state index contributed by atoms with van der Waals surface area (Å²) in [7, 11) is 0. The van der Waals surface area contributed by atoms with Crippen molar-refractivity contribution in [3.8, 4) is 0 Å². The summed E-state index contributed by atoms with van der Waals surface area (Å²) in [6, 6.07) is 5.34. The summed E-state index contributed by atoms with van der Waals surface area (Å²) < 4.78 is 0.393. The number of hydrogen-bond donors (Lipinski definition) is 1. The van der Waals surface area contributed by atoms with Crippen molar-refractivity contribution in [1.29, 1.82) is 0 Å². The van der Waals surface area contributed by atoms with Gasteiger partial charge in [0.2, 0.25) is 5.82 Å². The molecule has 0 fully saturated rings. The van der Waals surface area contributed by atoms with Gasteiger partial charge < -0.3 is 5.32 Å². The van der Waals surface area contributed by atoms with E-state index in [1.54, 1.807) is 0 Å². The Kier molecular flexibility index (Phi) is 5.23. The molecule has 2 heterocycles. The van der Waals surface area contributed by atoms with Crippen LogP contribution in [0.4, 0.5) is 11.5 Å². The van der Waals surface area contributed by atoms with Crippen molar-refractivity contribution in [2.24, 2.45) is 5.92 Å². The van der Waals surface area contributed by atoms with Crippen molar-refractivity contribution in [1.82, 2.24) is 9.88 Å². The molecule has 0 radical (unpaired) electrons. The summed E-state index contributed by atoms with van der Waals surface area (Å²) in [5.74, 6) is -1.65. The number of imide groups is 1. The van der Waals surface area contributed by atoms with Crippen molar-refractivity contribution in [3.63, 3.8) is 0 Å². The molecule has 0 saturated carbocycles. The number of halogens is 1. The first-order valence-corrected chi connectivity index (χ1v) is 9.10. The number of amides is 3. The van der Waals surface area contributed by atoms with Gasteiger partial charge >= 0.3 is 5.69 Å². The van der Waals surface area contributed by atoms with Gasteiger partial charge in [0.05, 0.1) is 16.1 Å². The number of hydrogen-bond acceptors (Lipinski definition) is 6. The zero-order valence-corrected chi connectivity index (χ0v) is 16.5.